The zero-order valence-corrected chi connectivity index (χ0v) is 15.7. The van der Waals surface area contributed by atoms with Gasteiger partial charge in [-0.1, -0.05) is 32.7 Å². The van der Waals surface area contributed by atoms with Gasteiger partial charge in [-0.3, -0.25) is 0 Å². The van der Waals surface area contributed by atoms with E-state index in [4.69, 9.17) is 20.5 Å². The predicted molar refractivity (Wildman–Crippen MR) is 99.6 cm³/mol. The average molecular weight is 432 g/mol. The number of rotatable bonds is 5. The molecule has 0 spiro atoms. The summed E-state index contributed by atoms with van der Waals surface area (Å²) < 4.78 is 12.0. The Morgan fingerprint density at radius 1 is 0.846 bits per heavy atom. The normalized spacial score (nSPS) is 11.0. The molecule has 8 heteroatoms. The van der Waals surface area contributed by atoms with E-state index in [2.05, 4.69) is 36.3 Å². The van der Waals surface area contributed by atoms with Crippen molar-refractivity contribution in [2.75, 3.05) is 0 Å². The van der Waals surface area contributed by atoms with E-state index in [1.165, 1.54) is 0 Å². The molecule has 0 aliphatic rings. The van der Waals surface area contributed by atoms with Crippen LogP contribution >= 0.6 is 27.5 Å². The van der Waals surface area contributed by atoms with Crippen LogP contribution in [-0.2, 0) is 12.8 Å². The second-order valence-electron chi connectivity index (χ2n) is 5.53. The Balaban J connectivity index is 1.42. The molecule has 130 valence electrons. The van der Waals surface area contributed by atoms with Gasteiger partial charge < -0.3 is 8.94 Å². The first-order valence-electron chi connectivity index (χ1n) is 7.84. The first-order chi connectivity index (χ1) is 12.7. The van der Waals surface area contributed by atoms with Gasteiger partial charge in [0.25, 0.3) is 0 Å². The molecule has 0 saturated carbocycles. The number of benzene rings is 2. The summed E-state index contributed by atoms with van der Waals surface area (Å²) in [6.07, 6.45) is 1.04. The van der Waals surface area contributed by atoms with Gasteiger partial charge in [0.1, 0.15) is 0 Å². The van der Waals surface area contributed by atoms with Crippen molar-refractivity contribution in [2.45, 2.75) is 12.8 Å². The number of nitrogens with zero attached hydrogens (tertiary/aromatic N) is 4. The molecule has 0 unspecified atom stereocenters. The third kappa shape index (κ3) is 3.84. The monoisotopic (exact) mass is 430 g/mol. The smallest absolute Gasteiger partial charge is 0.247 e. The molecule has 2 aromatic heterocycles. The molecule has 0 amide bonds. The lowest BCUT2D eigenvalue weighted by Gasteiger charge is -1.94. The minimum absolute atomic E-state index is 0.456. The number of hydrogen-bond donors (Lipinski definition) is 0. The molecule has 0 radical (unpaired) electrons. The van der Waals surface area contributed by atoms with Crippen LogP contribution in [-0.4, -0.2) is 20.3 Å². The van der Waals surface area contributed by atoms with Gasteiger partial charge in [0.2, 0.25) is 23.5 Å². The summed E-state index contributed by atoms with van der Waals surface area (Å²) >= 11 is 9.29. The summed E-state index contributed by atoms with van der Waals surface area (Å²) in [6.45, 7) is 0. The van der Waals surface area contributed by atoms with Crippen LogP contribution < -0.4 is 0 Å². The second kappa shape index (κ2) is 7.39. The van der Waals surface area contributed by atoms with Crippen LogP contribution in [0.5, 0.6) is 0 Å². The van der Waals surface area contributed by atoms with Crippen molar-refractivity contribution in [1.82, 2.24) is 20.3 Å². The van der Waals surface area contributed by atoms with E-state index in [0.717, 1.165) is 15.6 Å². The van der Waals surface area contributed by atoms with E-state index in [9.17, 15) is 0 Å². The topological polar surface area (TPSA) is 77.8 Å². The summed E-state index contributed by atoms with van der Waals surface area (Å²) in [6, 6.07) is 14.9. The quantitative estimate of drug-likeness (QED) is 0.443. The van der Waals surface area contributed by atoms with Crippen LogP contribution in [0.25, 0.3) is 22.8 Å². The molecule has 26 heavy (non-hydrogen) atoms. The van der Waals surface area contributed by atoms with Gasteiger partial charge in [0.15, 0.2) is 0 Å². The molecule has 0 saturated heterocycles. The van der Waals surface area contributed by atoms with Crippen molar-refractivity contribution in [3.8, 4) is 22.8 Å². The highest BCUT2D eigenvalue weighted by atomic mass is 79.9. The number of halogens is 2. The summed E-state index contributed by atoms with van der Waals surface area (Å²) in [5.74, 6) is 2.05. The van der Waals surface area contributed by atoms with Gasteiger partial charge in [-0.15, -0.1) is 10.2 Å². The van der Waals surface area contributed by atoms with E-state index >= 15 is 0 Å². The molecular weight excluding hydrogens is 420 g/mol. The average Bonchev–Trinajstić information content (AvgIpc) is 3.31. The predicted octanol–water partition coefficient (Wildman–Crippen LogP) is 4.99. The SMILES string of the molecule is Clc1ccc(-c2nnc(CCc3nc(-c4ccc(Br)cc4)no3)o2)cc1. The highest BCUT2D eigenvalue weighted by Gasteiger charge is 2.12. The summed E-state index contributed by atoms with van der Waals surface area (Å²) in [7, 11) is 0. The third-order valence-corrected chi connectivity index (χ3v) is 4.46. The highest BCUT2D eigenvalue weighted by Crippen LogP contribution is 2.22. The maximum Gasteiger partial charge on any atom is 0.247 e. The van der Waals surface area contributed by atoms with Crippen LogP contribution in [0, 0.1) is 0 Å². The molecule has 0 N–H and O–H groups in total. The van der Waals surface area contributed by atoms with Crippen LogP contribution in [0.2, 0.25) is 5.02 Å². The summed E-state index contributed by atoms with van der Waals surface area (Å²) in [5.41, 5.74) is 1.72. The van der Waals surface area contributed by atoms with Crippen LogP contribution in [0.1, 0.15) is 11.8 Å². The zero-order chi connectivity index (χ0) is 17.9. The third-order valence-electron chi connectivity index (χ3n) is 3.68. The number of hydrogen-bond acceptors (Lipinski definition) is 6. The number of aromatic nitrogens is 4. The Morgan fingerprint density at radius 3 is 2.31 bits per heavy atom. The molecule has 2 heterocycles. The number of aryl methyl sites for hydroxylation is 2. The first kappa shape index (κ1) is 16.9. The van der Waals surface area contributed by atoms with Crippen molar-refractivity contribution < 1.29 is 8.94 Å². The molecule has 2 aromatic carbocycles. The van der Waals surface area contributed by atoms with E-state index < -0.39 is 0 Å². The zero-order valence-electron chi connectivity index (χ0n) is 13.4. The van der Waals surface area contributed by atoms with E-state index in [0.29, 0.717) is 41.4 Å². The van der Waals surface area contributed by atoms with Gasteiger partial charge >= 0.3 is 0 Å². The van der Waals surface area contributed by atoms with Gasteiger partial charge in [-0.25, -0.2) is 0 Å². The van der Waals surface area contributed by atoms with Crippen molar-refractivity contribution >= 4 is 27.5 Å². The van der Waals surface area contributed by atoms with Crippen molar-refractivity contribution in [3.63, 3.8) is 0 Å². The molecule has 0 aliphatic heterocycles. The van der Waals surface area contributed by atoms with E-state index in [1.54, 1.807) is 12.1 Å². The Bertz CT molecular complexity index is 929. The van der Waals surface area contributed by atoms with Crippen molar-refractivity contribution in [3.05, 3.63) is 69.8 Å². The standard InChI is InChI=1S/C18H12BrClN4O2/c19-13-5-1-11(2-6-13)17-21-15(26-24-17)9-10-16-22-23-18(25-16)12-3-7-14(20)8-4-12/h1-8H,9-10H2. The minimum atomic E-state index is 0.456. The lowest BCUT2D eigenvalue weighted by Crippen LogP contribution is -1.92. The molecule has 0 atom stereocenters. The Morgan fingerprint density at radius 2 is 1.54 bits per heavy atom. The molecule has 0 fully saturated rings. The summed E-state index contributed by atoms with van der Waals surface area (Å²) in [4.78, 5) is 4.40. The van der Waals surface area contributed by atoms with Gasteiger partial charge in [0, 0.05) is 33.5 Å². The minimum Gasteiger partial charge on any atom is -0.421 e. The maximum atomic E-state index is 5.88. The van der Waals surface area contributed by atoms with Gasteiger partial charge in [-0.05, 0) is 48.5 Å². The fourth-order valence-corrected chi connectivity index (χ4v) is 2.74. The van der Waals surface area contributed by atoms with E-state index in [-0.39, 0.29) is 0 Å². The largest absolute Gasteiger partial charge is 0.421 e. The lowest BCUT2D eigenvalue weighted by atomic mass is 10.2. The van der Waals surface area contributed by atoms with Crippen LogP contribution in [0.4, 0.5) is 0 Å². The Labute approximate surface area is 162 Å². The molecule has 4 rings (SSSR count). The van der Waals surface area contributed by atoms with E-state index in [1.807, 2.05) is 36.4 Å². The Hall–Kier alpha value is -2.51. The fraction of sp³-hybridized carbons (Fsp3) is 0.111. The highest BCUT2D eigenvalue weighted by molar-refractivity contribution is 9.10. The molecular formula is C18H12BrClN4O2. The van der Waals surface area contributed by atoms with Gasteiger partial charge in [-0.2, -0.15) is 4.98 Å². The fourth-order valence-electron chi connectivity index (χ4n) is 2.35. The molecule has 4 aromatic rings. The first-order valence-corrected chi connectivity index (χ1v) is 9.01. The van der Waals surface area contributed by atoms with Gasteiger partial charge in [0.05, 0.1) is 0 Å². The maximum absolute atomic E-state index is 5.88. The van der Waals surface area contributed by atoms with Crippen LogP contribution in [0.15, 0.2) is 61.9 Å². The molecule has 0 bridgehead atoms. The van der Waals surface area contributed by atoms with Crippen LogP contribution in [0.3, 0.4) is 0 Å². The van der Waals surface area contributed by atoms with Crippen molar-refractivity contribution in [2.24, 2.45) is 0 Å². The van der Waals surface area contributed by atoms with Crippen molar-refractivity contribution in [1.29, 1.82) is 0 Å². The molecule has 0 aliphatic carbocycles. The summed E-state index contributed by atoms with van der Waals surface area (Å²) in [5, 5.41) is 12.8. The Kier molecular flexibility index (Phi) is 4.81. The lowest BCUT2D eigenvalue weighted by molar-refractivity contribution is 0.373. The molecule has 6 nitrogen and oxygen atoms in total. The second-order valence-corrected chi connectivity index (χ2v) is 6.88.